The molecule has 0 spiro atoms. The molecule has 1 saturated heterocycles. The molecule has 0 saturated carbocycles. The zero-order valence-corrected chi connectivity index (χ0v) is 8.70. The fraction of sp³-hybridized carbons (Fsp3) is 0.636. The van der Waals surface area contributed by atoms with Gasteiger partial charge in [0, 0.05) is 37.8 Å². The van der Waals surface area contributed by atoms with Gasteiger partial charge in [-0.1, -0.05) is 6.92 Å². The summed E-state index contributed by atoms with van der Waals surface area (Å²) >= 11 is 0. The lowest BCUT2D eigenvalue weighted by atomic mass is 10.1. The summed E-state index contributed by atoms with van der Waals surface area (Å²) in [5, 5.41) is 3.51. The van der Waals surface area contributed by atoms with E-state index in [4.69, 9.17) is 4.42 Å². The molecule has 0 amide bonds. The molecule has 2 rings (SSSR count). The molecule has 1 N–H and O–H groups in total. The van der Waals surface area contributed by atoms with Crippen molar-refractivity contribution in [3.63, 3.8) is 0 Å². The highest BCUT2D eigenvalue weighted by Crippen LogP contribution is 2.09. The molecule has 1 fully saturated rings. The molecule has 3 nitrogen and oxygen atoms in total. The zero-order valence-electron chi connectivity index (χ0n) is 8.70. The highest BCUT2D eigenvalue weighted by molar-refractivity contribution is 5.05. The van der Waals surface area contributed by atoms with E-state index >= 15 is 0 Å². The standard InChI is InChI=1S/C11H18N2O/c1-2-11-8-13(5-4-12-11)7-10-3-6-14-9-10/h3,6,9,11-12H,2,4-5,7-8H2,1H3. The summed E-state index contributed by atoms with van der Waals surface area (Å²) in [6, 6.07) is 2.71. The van der Waals surface area contributed by atoms with Crippen LogP contribution in [-0.4, -0.2) is 30.6 Å². The average Bonchev–Trinajstić information content (AvgIpc) is 2.71. The van der Waals surface area contributed by atoms with Crippen LogP contribution in [0.4, 0.5) is 0 Å². The molecule has 14 heavy (non-hydrogen) atoms. The lowest BCUT2D eigenvalue weighted by Crippen LogP contribution is -2.49. The maximum atomic E-state index is 5.07. The zero-order chi connectivity index (χ0) is 9.80. The minimum absolute atomic E-state index is 0.663. The van der Waals surface area contributed by atoms with Crippen LogP contribution in [0.15, 0.2) is 23.0 Å². The molecule has 0 bridgehead atoms. The third kappa shape index (κ3) is 2.36. The van der Waals surface area contributed by atoms with Crippen molar-refractivity contribution in [2.45, 2.75) is 25.9 Å². The first kappa shape index (κ1) is 9.74. The maximum Gasteiger partial charge on any atom is 0.0947 e. The average molecular weight is 194 g/mol. The largest absolute Gasteiger partial charge is 0.472 e. The van der Waals surface area contributed by atoms with E-state index in [0.717, 1.165) is 26.2 Å². The van der Waals surface area contributed by atoms with E-state index in [1.54, 1.807) is 6.26 Å². The Morgan fingerprint density at radius 1 is 1.64 bits per heavy atom. The lowest BCUT2D eigenvalue weighted by molar-refractivity contribution is 0.189. The fourth-order valence-corrected chi connectivity index (χ4v) is 1.95. The van der Waals surface area contributed by atoms with Gasteiger partial charge in [-0.15, -0.1) is 0 Å². The molecular weight excluding hydrogens is 176 g/mol. The number of nitrogens with zero attached hydrogens (tertiary/aromatic N) is 1. The summed E-state index contributed by atoms with van der Waals surface area (Å²) in [4.78, 5) is 2.48. The SMILES string of the molecule is CCC1CN(Cc2ccoc2)CCN1. The number of piperazine rings is 1. The van der Waals surface area contributed by atoms with Crippen molar-refractivity contribution in [2.75, 3.05) is 19.6 Å². The Balaban J connectivity index is 1.86. The Labute approximate surface area is 85.1 Å². The first-order chi connectivity index (χ1) is 6.88. The first-order valence-electron chi connectivity index (χ1n) is 5.35. The maximum absolute atomic E-state index is 5.07. The smallest absolute Gasteiger partial charge is 0.0947 e. The van der Waals surface area contributed by atoms with E-state index in [0.29, 0.717) is 6.04 Å². The van der Waals surface area contributed by atoms with Gasteiger partial charge >= 0.3 is 0 Å². The predicted octanol–water partition coefficient (Wildman–Crippen LogP) is 1.46. The van der Waals surface area contributed by atoms with Gasteiger partial charge in [-0.25, -0.2) is 0 Å². The van der Waals surface area contributed by atoms with Crippen LogP contribution in [0.1, 0.15) is 18.9 Å². The second kappa shape index (κ2) is 4.62. The van der Waals surface area contributed by atoms with Crippen molar-refractivity contribution in [2.24, 2.45) is 0 Å². The van der Waals surface area contributed by atoms with E-state index in [1.807, 2.05) is 12.3 Å². The number of furan rings is 1. The Bertz CT molecular complexity index is 258. The van der Waals surface area contributed by atoms with E-state index < -0.39 is 0 Å². The molecule has 1 aromatic heterocycles. The topological polar surface area (TPSA) is 28.4 Å². The van der Waals surface area contributed by atoms with Gasteiger partial charge in [0.2, 0.25) is 0 Å². The van der Waals surface area contributed by atoms with E-state index in [-0.39, 0.29) is 0 Å². The van der Waals surface area contributed by atoms with E-state index in [9.17, 15) is 0 Å². The third-order valence-corrected chi connectivity index (χ3v) is 2.82. The van der Waals surface area contributed by atoms with Crippen molar-refractivity contribution in [3.8, 4) is 0 Å². The van der Waals surface area contributed by atoms with Crippen LogP contribution in [-0.2, 0) is 6.54 Å². The van der Waals surface area contributed by atoms with E-state index in [2.05, 4.69) is 17.1 Å². The summed E-state index contributed by atoms with van der Waals surface area (Å²) in [7, 11) is 0. The highest BCUT2D eigenvalue weighted by atomic mass is 16.3. The van der Waals surface area contributed by atoms with Gasteiger partial charge < -0.3 is 9.73 Å². The van der Waals surface area contributed by atoms with Crippen molar-refractivity contribution >= 4 is 0 Å². The van der Waals surface area contributed by atoms with Gasteiger partial charge in [-0.05, 0) is 12.5 Å². The van der Waals surface area contributed by atoms with Crippen molar-refractivity contribution < 1.29 is 4.42 Å². The second-order valence-electron chi connectivity index (χ2n) is 3.93. The number of hydrogen-bond donors (Lipinski definition) is 1. The van der Waals surface area contributed by atoms with Gasteiger partial charge in [0.1, 0.15) is 0 Å². The summed E-state index contributed by atoms with van der Waals surface area (Å²) in [6.45, 7) is 6.66. The molecule has 1 aliphatic rings. The monoisotopic (exact) mass is 194 g/mol. The third-order valence-electron chi connectivity index (χ3n) is 2.82. The Morgan fingerprint density at radius 3 is 3.29 bits per heavy atom. The van der Waals surface area contributed by atoms with Gasteiger partial charge in [-0.2, -0.15) is 0 Å². The molecule has 0 aromatic carbocycles. The van der Waals surface area contributed by atoms with Crippen LogP contribution in [0, 0.1) is 0 Å². The summed E-state index contributed by atoms with van der Waals surface area (Å²) in [5.41, 5.74) is 1.28. The van der Waals surface area contributed by atoms with Gasteiger partial charge in [0.05, 0.1) is 12.5 Å². The molecule has 3 heteroatoms. The summed E-state index contributed by atoms with van der Waals surface area (Å²) in [6.07, 6.45) is 4.79. The van der Waals surface area contributed by atoms with Crippen LogP contribution in [0.5, 0.6) is 0 Å². The first-order valence-corrected chi connectivity index (χ1v) is 5.35. The van der Waals surface area contributed by atoms with Crippen molar-refractivity contribution in [1.82, 2.24) is 10.2 Å². The lowest BCUT2D eigenvalue weighted by Gasteiger charge is -2.32. The number of nitrogens with one attached hydrogen (secondary N) is 1. The highest BCUT2D eigenvalue weighted by Gasteiger charge is 2.17. The molecular formula is C11H18N2O. The van der Waals surface area contributed by atoms with Crippen LogP contribution >= 0.6 is 0 Å². The molecule has 1 aromatic rings. The number of rotatable bonds is 3. The predicted molar refractivity (Wildman–Crippen MR) is 56.1 cm³/mol. The van der Waals surface area contributed by atoms with Crippen LogP contribution in [0.25, 0.3) is 0 Å². The second-order valence-corrected chi connectivity index (χ2v) is 3.93. The van der Waals surface area contributed by atoms with Gasteiger partial charge in [0.15, 0.2) is 0 Å². The van der Waals surface area contributed by atoms with Gasteiger partial charge in [0.25, 0.3) is 0 Å². The summed E-state index contributed by atoms with van der Waals surface area (Å²) < 4.78 is 5.07. The fourth-order valence-electron chi connectivity index (χ4n) is 1.95. The van der Waals surface area contributed by atoms with Crippen LogP contribution in [0.2, 0.25) is 0 Å². The molecule has 1 unspecified atom stereocenters. The molecule has 1 atom stereocenters. The van der Waals surface area contributed by atoms with Crippen LogP contribution in [0.3, 0.4) is 0 Å². The Hall–Kier alpha value is -0.800. The van der Waals surface area contributed by atoms with E-state index in [1.165, 1.54) is 12.0 Å². The molecule has 0 radical (unpaired) electrons. The molecule has 78 valence electrons. The van der Waals surface area contributed by atoms with Gasteiger partial charge in [-0.3, -0.25) is 4.90 Å². The molecule has 2 heterocycles. The van der Waals surface area contributed by atoms with Crippen molar-refractivity contribution in [1.29, 1.82) is 0 Å². The Morgan fingerprint density at radius 2 is 2.57 bits per heavy atom. The summed E-state index contributed by atoms with van der Waals surface area (Å²) in [5.74, 6) is 0. The normalized spacial score (nSPS) is 23.9. The molecule has 0 aliphatic carbocycles. The Kier molecular flexibility index (Phi) is 3.22. The van der Waals surface area contributed by atoms with Crippen molar-refractivity contribution in [3.05, 3.63) is 24.2 Å². The minimum Gasteiger partial charge on any atom is -0.472 e. The molecule has 1 aliphatic heterocycles. The van der Waals surface area contributed by atoms with Crippen LogP contribution < -0.4 is 5.32 Å². The quantitative estimate of drug-likeness (QED) is 0.789. The minimum atomic E-state index is 0.663. The number of hydrogen-bond acceptors (Lipinski definition) is 3.